The van der Waals surface area contributed by atoms with E-state index >= 15 is 0 Å². The highest BCUT2D eigenvalue weighted by atomic mass is 35.5. The molecule has 2 aromatic carbocycles. The van der Waals surface area contributed by atoms with E-state index < -0.39 is 6.10 Å². The maximum atomic E-state index is 10.4. The van der Waals surface area contributed by atoms with Crippen LogP contribution in [-0.2, 0) is 6.54 Å². The van der Waals surface area contributed by atoms with E-state index in [1.807, 2.05) is 28.8 Å². The zero-order chi connectivity index (χ0) is 14.1. The molecule has 0 bridgehead atoms. The van der Waals surface area contributed by atoms with Crippen LogP contribution >= 0.6 is 23.2 Å². The average molecular weight is 307 g/mol. The number of aliphatic hydroxyl groups excluding tert-OH is 1. The Morgan fingerprint density at radius 2 is 1.95 bits per heavy atom. The second kappa shape index (κ2) is 5.44. The van der Waals surface area contributed by atoms with Gasteiger partial charge in [-0.25, -0.2) is 4.98 Å². The lowest BCUT2D eigenvalue weighted by molar-refractivity contribution is 0.158. The molecular formula is C15H12Cl2N2O. The van der Waals surface area contributed by atoms with Gasteiger partial charge < -0.3 is 9.67 Å². The summed E-state index contributed by atoms with van der Waals surface area (Å²) in [6.07, 6.45) is 0.977. The summed E-state index contributed by atoms with van der Waals surface area (Å²) in [5, 5.41) is 11.4. The Hall–Kier alpha value is -1.55. The number of para-hydroxylation sites is 2. The largest absolute Gasteiger partial charge is 0.386 e. The molecule has 0 unspecified atom stereocenters. The number of rotatable bonds is 3. The number of benzene rings is 2. The summed E-state index contributed by atoms with van der Waals surface area (Å²) in [6, 6.07) is 12.9. The topological polar surface area (TPSA) is 38.0 Å². The van der Waals surface area contributed by atoms with E-state index in [1.54, 1.807) is 24.5 Å². The first kappa shape index (κ1) is 13.4. The summed E-state index contributed by atoms with van der Waals surface area (Å²) < 4.78 is 1.90. The van der Waals surface area contributed by atoms with Gasteiger partial charge in [0.05, 0.1) is 30.0 Å². The average Bonchev–Trinajstić information content (AvgIpc) is 2.85. The summed E-state index contributed by atoms with van der Waals surface area (Å²) in [5.41, 5.74) is 2.50. The third-order valence-electron chi connectivity index (χ3n) is 3.21. The lowest BCUT2D eigenvalue weighted by Crippen LogP contribution is -2.08. The Labute approximate surface area is 126 Å². The third-order valence-corrected chi connectivity index (χ3v) is 3.79. The zero-order valence-corrected chi connectivity index (χ0v) is 12.0. The Bertz CT molecular complexity index is 754. The van der Waals surface area contributed by atoms with E-state index in [1.165, 1.54) is 0 Å². The SMILES string of the molecule is O[C@@H](Cn1cnc2ccccc21)c1cc(Cl)ccc1Cl. The highest BCUT2D eigenvalue weighted by Crippen LogP contribution is 2.28. The fourth-order valence-electron chi connectivity index (χ4n) is 2.21. The predicted octanol–water partition coefficient (Wildman–Crippen LogP) is 4.08. The minimum Gasteiger partial charge on any atom is -0.386 e. The summed E-state index contributed by atoms with van der Waals surface area (Å²) in [7, 11) is 0. The van der Waals surface area contributed by atoms with E-state index in [0.29, 0.717) is 22.2 Å². The second-order valence-corrected chi connectivity index (χ2v) is 5.41. The molecule has 0 radical (unpaired) electrons. The van der Waals surface area contributed by atoms with Gasteiger partial charge in [0.2, 0.25) is 0 Å². The van der Waals surface area contributed by atoms with Crippen LogP contribution in [0.1, 0.15) is 11.7 Å². The van der Waals surface area contributed by atoms with E-state index in [-0.39, 0.29) is 0 Å². The molecule has 0 spiro atoms. The maximum absolute atomic E-state index is 10.4. The molecule has 0 fully saturated rings. The van der Waals surface area contributed by atoms with Crippen molar-refractivity contribution in [2.45, 2.75) is 12.6 Å². The van der Waals surface area contributed by atoms with Crippen LogP contribution in [0, 0.1) is 0 Å². The molecule has 3 rings (SSSR count). The summed E-state index contributed by atoms with van der Waals surface area (Å²) in [6.45, 7) is 0.376. The maximum Gasteiger partial charge on any atom is 0.0984 e. The quantitative estimate of drug-likeness (QED) is 0.792. The first-order valence-corrected chi connectivity index (χ1v) is 6.93. The Morgan fingerprint density at radius 1 is 1.15 bits per heavy atom. The van der Waals surface area contributed by atoms with Crippen molar-refractivity contribution in [2.75, 3.05) is 0 Å². The van der Waals surface area contributed by atoms with Crippen molar-refractivity contribution in [3.8, 4) is 0 Å². The van der Waals surface area contributed by atoms with Crippen LogP contribution in [0.3, 0.4) is 0 Å². The van der Waals surface area contributed by atoms with Crippen molar-refractivity contribution in [2.24, 2.45) is 0 Å². The van der Waals surface area contributed by atoms with Gasteiger partial charge in [-0.2, -0.15) is 0 Å². The number of fused-ring (bicyclic) bond motifs is 1. The molecule has 1 heterocycles. The molecule has 102 valence electrons. The second-order valence-electron chi connectivity index (χ2n) is 4.57. The van der Waals surface area contributed by atoms with E-state index in [0.717, 1.165) is 11.0 Å². The van der Waals surface area contributed by atoms with Gasteiger partial charge in [-0.1, -0.05) is 35.3 Å². The first-order chi connectivity index (χ1) is 9.65. The molecule has 0 aliphatic heterocycles. The minimum atomic E-state index is -0.737. The highest BCUT2D eigenvalue weighted by molar-refractivity contribution is 6.33. The molecule has 0 aliphatic rings. The third kappa shape index (κ3) is 2.52. The molecule has 0 saturated heterocycles. The van der Waals surface area contributed by atoms with Crippen molar-refractivity contribution in [3.05, 3.63) is 64.4 Å². The normalized spacial score (nSPS) is 12.8. The van der Waals surface area contributed by atoms with Crippen LogP contribution in [0.5, 0.6) is 0 Å². The smallest absolute Gasteiger partial charge is 0.0984 e. The van der Waals surface area contributed by atoms with Crippen molar-refractivity contribution < 1.29 is 5.11 Å². The Kier molecular flexibility index (Phi) is 3.66. The van der Waals surface area contributed by atoms with Gasteiger partial charge >= 0.3 is 0 Å². The lowest BCUT2D eigenvalue weighted by atomic mass is 10.1. The van der Waals surface area contributed by atoms with Crippen LogP contribution < -0.4 is 0 Å². The number of halogens is 2. The monoisotopic (exact) mass is 306 g/mol. The van der Waals surface area contributed by atoms with Crippen molar-refractivity contribution in [1.29, 1.82) is 0 Å². The van der Waals surface area contributed by atoms with Gasteiger partial charge in [0.1, 0.15) is 0 Å². The number of nitrogens with zero attached hydrogens (tertiary/aromatic N) is 2. The van der Waals surface area contributed by atoms with Crippen LogP contribution in [-0.4, -0.2) is 14.7 Å². The molecule has 5 heteroatoms. The molecule has 1 N–H and O–H groups in total. The standard InChI is InChI=1S/C15H12Cl2N2O/c16-10-5-6-12(17)11(7-10)15(20)8-19-9-18-13-3-1-2-4-14(13)19/h1-7,9,15,20H,8H2/t15-/m0/s1. The van der Waals surface area contributed by atoms with Gasteiger partial charge in [0.15, 0.2) is 0 Å². The van der Waals surface area contributed by atoms with Gasteiger partial charge in [-0.05, 0) is 30.3 Å². The van der Waals surface area contributed by atoms with Crippen molar-refractivity contribution >= 4 is 34.2 Å². The number of hydrogen-bond acceptors (Lipinski definition) is 2. The van der Waals surface area contributed by atoms with E-state index in [4.69, 9.17) is 23.2 Å². The van der Waals surface area contributed by atoms with Crippen LogP contribution in [0.15, 0.2) is 48.8 Å². The molecule has 20 heavy (non-hydrogen) atoms. The number of hydrogen-bond donors (Lipinski definition) is 1. The number of aliphatic hydroxyl groups is 1. The molecule has 0 amide bonds. The van der Waals surface area contributed by atoms with Crippen LogP contribution in [0.2, 0.25) is 10.0 Å². The zero-order valence-electron chi connectivity index (χ0n) is 10.5. The summed E-state index contributed by atoms with van der Waals surface area (Å²) in [5.74, 6) is 0. The molecule has 1 atom stereocenters. The van der Waals surface area contributed by atoms with Gasteiger partial charge in [-0.3, -0.25) is 0 Å². The summed E-state index contributed by atoms with van der Waals surface area (Å²) in [4.78, 5) is 4.30. The van der Waals surface area contributed by atoms with E-state index in [9.17, 15) is 5.11 Å². The van der Waals surface area contributed by atoms with Crippen LogP contribution in [0.4, 0.5) is 0 Å². The first-order valence-electron chi connectivity index (χ1n) is 6.18. The Morgan fingerprint density at radius 3 is 2.80 bits per heavy atom. The summed E-state index contributed by atoms with van der Waals surface area (Å²) >= 11 is 12.1. The Balaban J connectivity index is 1.92. The molecule has 3 nitrogen and oxygen atoms in total. The molecule has 1 aromatic heterocycles. The van der Waals surface area contributed by atoms with Crippen molar-refractivity contribution in [1.82, 2.24) is 9.55 Å². The van der Waals surface area contributed by atoms with Crippen molar-refractivity contribution in [3.63, 3.8) is 0 Å². The van der Waals surface area contributed by atoms with Gasteiger partial charge in [-0.15, -0.1) is 0 Å². The molecule has 0 saturated carbocycles. The van der Waals surface area contributed by atoms with E-state index in [2.05, 4.69) is 4.98 Å². The fraction of sp³-hybridized carbons (Fsp3) is 0.133. The lowest BCUT2D eigenvalue weighted by Gasteiger charge is -2.14. The molecular weight excluding hydrogens is 295 g/mol. The number of aromatic nitrogens is 2. The predicted molar refractivity (Wildman–Crippen MR) is 81.2 cm³/mol. The van der Waals surface area contributed by atoms with Gasteiger partial charge in [0.25, 0.3) is 0 Å². The molecule has 0 aliphatic carbocycles. The molecule has 3 aromatic rings. The minimum absolute atomic E-state index is 0.376. The highest BCUT2D eigenvalue weighted by Gasteiger charge is 2.14. The van der Waals surface area contributed by atoms with Crippen LogP contribution in [0.25, 0.3) is 11.0 Å². The van der Waals surface area contributed by atoms with Gasteiger partial charge in [0, 0.05) is 15.6 Å². The number of imidazole rings is 1. The fourth-order valence-corrected chi connectivity index (χ4v) is 2.63.